The number of amides is 2. The Kier molecular flexibility index (Phi) is 8.30. The molecule has 0 bridgehead atoms. The third-order valence-electron chi connectivity index (χ3n) is 4.78. The summed E-state index contributed by atoms with van der Waals surface area (Å²) in [6, 6.07) is 11.2. The Bertz CT molecular complexity index is 1130. The normalized spacial score (nSPS) is 14.5. The van der Waals surface area contributed by atoms with Crippen molar-refractivity contribution in [2.45, 2.75) is 20.8 Å². The van der Waals surface area contributed by atoms with Crippen molar-refractivity contribution in [1.82, 2.24) is 4.90 Å². The van der Waals surface area contributed by atoms with E-state index in [-0.39, 0.29) is 18.4 Å². The van der Waals surface area contributed by atoms with Crippen LogP contribution in [0.15, 0.2) is 54.0 Å². The van der Waals surface area contributed by atoms with Crippen molar-refractivity contribution in [1.29, 1.82) is 0 Å². The average molecular weight is 483 g/mol. The van der Waals surface area contributed by atoms with Gasteiger partial charge in [0.05, 0.1) is 11.5 Å². The van der Waals surface area contributed by atoms with E-state index in [0.29, 0.717) is 33.9 Å². The number of carbonyl (C=O) groups excluding carboxylic acids is 2. The van der Waals surface area contributed by atoms with Crippen molar-refractivity contribution in [2.75, 3.05) is 25.1 Å². The highest BCUT2D eigenvalue weighted by molar-refractivity contribution is 8.26. The van der Waals surface area contributed by atoms with E-state index in [1.807, 2.05) is 39.0 Å². The largest absolute Gasteiger partial charge is 0.490 e. The van der Waals surface area contributed by atoms with Gasteiger partial charge in [-0.25, -0.2) is 0 Å². The van der Waals surface area contributed by atoms with Crippen molar-refractivity contribution in [3.8, 4) is 11.5 Å². The highest BCUT2D eigenvalue weighted by Crippen LogP contribution is 2.35. The first kappa shape index (κ1) is 24.5. The van der Waals surface area contributed by atoms with Gasteiger partial charge in [0, 0.05) is 12.2 Å². The molecule has 0 atom stereocenters. The molecule has 0 aliphatic carbocycles. The second-order valence-electron chi connectivity index (χ2n) is 7.38. The summed E-state index contributed by atoms with van der Waals surface area (Å²) in [5.74, 6) is 0.532. The van der Waals surface area contributed by atoms with Crippen LogP contribution >= 0.6 is 24.0 Å². The molecule has 0 spiro atoms. The fourth-order valence-corrected chi connectivity index (χ4v) is 4.42. The van der Waals surface area contributed by atoms with Crippen LogP contribution in [0.5, 0.6) is 11.5 Å². The molecule has 1 aliphatic heterocycles. The summed E-state index contributed by atoms with van der Waals surface area (Å²) in [6.07, 6.45) is 3.41. The van der Waals surface area contributed by atoms with E-state index in [1.54, 1.807) is 30.4 Å². The van der Waals surface area contributed by atoms with E-state index in [1.165, 1.54) is 16.7 Å². The zero-order chi connectivity index (χ0) is 24.0. The van der Waals surface area contributed by atoms with Crippen molar-refractivity contribution in [2.24, 2.45) is 0 Å². The van der Waals surface area contributed by atoms with Gasteiger partial charge in [-0.3, -0.25) is 14.5 Å². The molecule has 1 heterocycles. The third-order valence-corrected chi connectivity index (χ3v) is 6.15. The fraction of sp³-hybridized carbons (Fsp3) is 0.240. The molecule has 172 valence electrons. The van der Waals surface area contributed by atoms with E-state index in [9.17, 15) is 9.59 Å². The molecular weight excluding hydrogens is 456 g/mol. The maximum atomic E-state index is 12.6. The smallest absolute Gasteiger partial charge is 0.266 e. The lowest BCUT2D eigenvalue weighted by molar-refractivity contribution is -0.121. The number of aryl methyl sites for hydroxylation is 2. The molecule has 2 amide bonds. The van der Waals surface area contributed by atoms with E-state index < -0.39 is 0 Å². The summed E-state index contributed by atoms with van der Waals surface area (Å²) in [6.45, 7) is 10.1. The molecular formula is C25H26N2O4S2. The standard InChI is InChI=1S/C25H26N2O4S2/c1-5-11-27-24(29)22(33-25(27)32)14-18-9-10-20(21(13-18)30-6-2)31-15-23(28)26-19-12-16(3)7-8-17(19)4/h5,7-10,12-14H,1,6,11,15H2,2-4H3,(H,26,28)/b22-14-. The fourth-order valence-electron chi connectivity index (χ4n) is 3.14. The topological polar surface area (TPSA) is 67.9 Å². The summed E-state index contributed by atoms with van der Waals surface area (Å²) in [4.78, 5) is 27.0. The Morgan fingerprint density at radius 3 is 2.70 bits per heavy atom. The Morgan fingerprint density at radius 1 is 1.18 bits per heavy atom. The lowest BCUT2D eigenvalue weighted by atomic mass is 10.1. The van der Waals surface area contributed by atoms with Gasteiger partial charge in [0.1, 0.15) is 4.32 Å². The van der Waals surface area contributed by atoms with Crippen LogP contribution in [-0.4, -0.2) is 40.8 Å². The van der Waals surface area contributed by atoms with Gasteiger partial charge >= 0.3 is 0 Å². The van der Waals surface area contributed by atoms with Gasteiger partial charge in [0.15, 0.2) is 18.1 Å². The van der Waals surface area contributed by atoms with Gasteiger partial charge in [-0.2, -0.15) is 0 Å². The van der Waals surface area contributed by atoms with Gasteiger partial charge in [0.25, 0.3) is 11.8 Å². The molecule has 1 fully saturated rings. The van der Waals surface area contributed by atoms with Crippen molar-refractivity contribution in [3.05, 3.63) is 70.6 Å². The van der Waals surface area contributed by atoms with Crippen LogP contribution < -0.4 is 14.8 Å². The minimum absolute atomic E-state index is 0.147. The Balaban J connectivity index is 1.72. The predicted molar refractivity (Wildman–Crippen MR) is 138 cm³/mol. The summed E-state index contributed by atoms with van der Waals surface area (Å²) < 4.78 is 11.9. The number of carbonyl (C=O) groups is 2. The van der Waals surface area contributed by atoms with Crippen LogP contribution in [0.3, 0.4) is 0 Å². The molecule has 3 rings (SSSR count). The van der Waals surface area contributed by atoms with Crippen LogP contribution in [-0.2, 0) is 9.59 Å². The number of anilines is 1. The van der Waals surface area contributed by atoms with E-state index in [2.05, 4.69) is 11.9 Å². The number of nitrogens with one attached hydrogen (secondary N) is 1. The van der Waals surface area contributed by atoms with Gasteiger partial charge < -0.3 is 14.8 Å². The second kappa shape index (κ2) is 11.2. The van der Waals surface area contributed by atoms with E-state index in [4.69, 9.17) is 21.7 Å². The Labute approximate surface area is 203 Å². The molecule has 0 aromatic heterocycles. The van der Waals surface area contributed by atoms with E-state index >= 15 is 0 Å². The first-order valence-corrected chi connectivity index (χ1v) is 11.7. The highest BCUT2D eigenvalue weighted by Gasteiger charge is 2.31. The minimum atomic E-state index is -0.263. The summed E-state index contributed by atoms with van der Waals surface area (Å²) in [5, 5.41) is 2.88. The van der Waals surface area contributed by atoms with Gasteiger partial charge in [0.2, 0.25) is 0 Å². The van der Waals surface area contributed by atoms with Crippen LogP contribution in [0.1, 0.15) is 23.6 Å². The molecule has 1 saturated heterocycles. The van der Waals surface area contributed by atoms with Crippen LogP contribution in [0, 0.1) is 13.8 Å². The van der Waals surface area contributed by atoms with E-state index in [0.717, 1.165) is 22.4 Å². The molecule has 0 saturated carbocycles. The number of nitrogens with zero attached hydrogens (tertiary/aromatic N) is 1. The quantitative estimate of drug-likeness (QED) is 0.304. The van der Waals surface area contributed by atoms with Crippen molar-refractivity contribution < 1.29 is 19.1 Å². The molecule has 6 nitrogen and oxygen atoms in total. The van der Waals surface area contributed by atoms with Gasteiger partial charge in [-0.05, 0) is 61.7 Å². The average Bonchev–Trinajstić information content (AvgIpc) is 3.03. The number of thiocarbonyl (C=S) groups is 1. The van der Waals surface area contributed by atoms with Crippen LogP contribution in [0.25, 0.3) is 6.08 Å². The minimum Gasteiger partial charge on any atom is -0.490 e. The highest BCUT2D eigenvalue weighted by atomic mass is 32.2. The molecule has 0 radical (unpaired) electrons. The molecule has 8 heteroatoms. The Morgan fingerprint density at radius 2 is 1.97 bits per heavy atom. The Hall–Kier alpha value is -3.10. The zero-order valence-corrected chi connectivity index (χ0v) is 20.5. The lowest BCUT2D eigenvalue weighted by Crippen LogP contribution is -2.27. The SMILES string of the molecule is C=CCN1C(=O)/C(=C/c2ccc(OCC(=O)Nc3cc(C)ccc3C)c(OCC)c2)SC1=S. The number of benzene rings is 2. The second-order valence-corrected chi connectivity index (χ2v) is 9.05. The van der Waals surface area contributed by atoms with Crippen LogP contribution in [0.4, 0.5) is 5.69 Å². The zero-order valence-electron chi connectivity index (χ0n) is 18.8. The maximum Gasteiger partial charge on any atom is 0.266 e. The maximum absolute atomic E-state index is 12.6. The molecule has 1 N–H and O–H groups in total. The first-order chi connectivity index (χ1) is 15.8. The van der Waals surface area contributed by atoms with Crippen molar-refractivity contribution >= 4 is 51.9 Å². The summed E-state index contributed by atoms with van der Waals surface area (Å²) in [7, 11) is 0. The number of thioether (sulfide) groups is 1. The number of rotatable bonds is 9. The molecule has 1 aliphatic rings. The molecule has 0 unspecified atom stereocenters. The predicted octanol–water partition coefficient (Wildman–Crippen LogP) is 5.11. The lowest BCUT2D eigenvalue weighted by Gasteiger charge is -2.14. The molecule has 2 aromatic rings. The van der Waals surface area contributed by atoms with Gasteiger partial charge in [-0.15, -0.1) is 6.58 Å². The van der Waals surface area contributed by atoms with Crippen molar-refractivity contribution in [3.63, 3.8) is 0 Å². The summed E-state index contributed by atoms with van der Waals surface area (Å²) in [5.41, 5.74) is 3.57. The molecule has 2 aromatic carbocycles. The number of hydrogen-bond donors (Lipinski definition) is 1. The summed E-state index contributed by atoms with van der Waals surface area (Å²) >= 11 is 6.54. The monoisotopic (exact) mass is 482 g/mol. The third kappa shape index (κ3) is 6.24. The van der Waals surface area contributed by atoms with Crippen LogP contribution in [0.2, 0.25) is 0 Å². The number of ether oxygens (including phenoxy) is 2. The van der Waals surface area contributed by atoms with Gasteiger partial charge in [-0.1, -0.05) is 48.3 Å². The molecule has 33 heavy (non-hydrogen) atoms. The number of hydrogen-bond acceptors (Lipinski definition) is 6. The first-order valence-electron chi connectivity index (χ1n) is 10.5.